The molecule has 0 aliphatic heterocycles. The predicted octanol–water partition coefficient (Wildman–Crippen LogP) is 28.9. The van der Waals surface area contributed by atoms with Crippen molar-refractivity contribution in [2.75, 3.05) is 13.2 Å². The molecule has 0 heterocycles. The van der Waals surface area contributed by atoms with Crippen molar-refractivity contribution in [1.29, 1.82) is 0 Å². The second-order valence-corrected chi connectivity index (χ2v) is 29.9. The highest BCUT2D eigenvalue weighted by molar-refractivity contribution is 5.76. The quantitative estimate of drug-likeness (QED) is 0.0320. The largest absolute Gasteiger partial charge is 0.466 e. The Bertz CT molecular complexity index is 1520. The summed E-state index contributed by atoms with van der Waals surface area (Å²) in [5, 5.41) is 23.3. The van der Waals surface area contributed by atoms with Crippen molar-refractivity contribution in [3.05, 3.63) is 36.5 Å². The third-order valence-electron chi connectivity index (χ3n) is 20.4. The SMILES string of the molecule is CCCCC/C=C\C/C=C\CCCCCCCC(=O)OCCCCCCCCCCCCCCCCCCCCCCCCCCCCCCCCCCCCCCCC(=O)NC(CO)C(O)/C=C/CCCCCCCCCCCCCCCCCCCCCCCCC. The van der Waals surface area contributed by atoms with Gasteiger partial charge in [-0.25, -0.2) is 0 Å². The molecule has 3 N–H and O–H groups in total. The lowest BCUT2D eigenvalue weighted by atomic mass is 10.0. The lowest BCUT2D eigenvalue weighted by Crippen LogP contribution is -2.45. The maximum Gasteiger partial charge on any atom is 0.305 e. The van der Waals surface area contributed by atoms with Crippen LogP contribution in [0.2, 0.25) is 0 Å². The Hall–Kier alpha value is -1.92. The Labute approximate surface area is 589 Å². The average Bonchev–Trinajstić information content (AvgIpc) is 3.59. The number of nitrogens with one attached hydrogen (secondary N) is 1. The Morgan fingerprint density at radius 1 is 0.298 bits per heavy atom. The van der Waals surface area contributed by atoms with Crippen LogP contribution in [-0.2, 0) is 14.3 Å². The Morgan fingerprint density at radius 3 is 0.830 bits per heavy atom. The first-order chi connectivity index (χ1) is 46.5. The number of aliphatic hydroxyl groups excluding tert-OH is 2. The molecule has 0 aliphatic carbocycles. The molecule has 6 heteroatoms. The van der Waals surface area contributed by atoms with Gasteiger partial charge < -0.3 is 20.3 Å². The summed E-state index contributed by atoms with van der Waals surface area (Å²) in [6, 6.07) is -0.625. The van der Waals surface area contributed by atoms with Gasteiger partial charge in [0.1, 0.15) is 0 Å². The molecule has 0 bridgehead atoms. The second-order valence-electron chi connectivity index (χ2n) is 29.9. The number of carbonyl (C=O) groups excluding carboxylic acids is 2. The Kier molecular flexibility index (Phi) is 81.8. The smallest absolute Gasteiger partial charge is 0.305 e. The van der Waals surface area contributed by atoms with E-state index in [2.05, 4.69) is 43.5 Å². The fraction of sp³-hybridized carbons (Fsp3) is 0.909. The molecule has 1 amide bonds. The Morgan fingerprint density at radius 2 is 0.532 bits per heavy atom. The highest BCUT2D eigenvalue weighted by Gasteiger charge is 2.18. The molecule has 0 aliphatic rings. The number of carbonyl (C=O) groups is 2. The second kappa shape index (κ2) is 83.5. The number of hydrogen-bond donors (Lipinski definition) is 3. The van der Waals surface area contributed by atoms with Crippen LogP contribution in [0.15, 0.2) is 36.5 Å². The first-order valence-electron chi connectivity index (χ1n) is 43.3. The van der Waals surface area contributed by atoms with Crippen LogP contribution in [0.4, 0.5) is 0 Å². The fourth-order valence-corrected chi connectivity index (χ4v) is 13.8. The number of esters is 1. The first-order valence-corrected chi connectivity index (χ1v) is 43.3. The van der Waals surface area contributed by atoms with Crippen LogP contribution >= 0.6 is 0 Å². The van der Waals surface area contributed by atoms with Crippen LogP contribution in [0, 0.1) is 0 Å². The van der Waals surface area contributed by atoms with Crippen LogP contribution in [0.25, 0.3) is 0 Å². The third-order valence-corrected chi connectivity index (χ3v) is 20.4. The molecule has 0 spiro atoms. The highest BCUT2D eigenvalue weighted by atomic mass is 16.5. The van der Waals surface area contributed by atoms with Gasteiger partial charge in [-0.3, -0.25) is 9.59 Å². The fourth-order valence-electron chi connectivity index (χ4n) is 13.8. The van der Waals surface area contributed by atoms with Gasteiger partial charge in [-0.05, 0) is 64.2 Å². The van der Waals surface area contributed by atoms with E-state index in [0.717, 1.165) is 51.4 Å². The van der Waals surface area contributed by atoms with E-state index in [1.54, 1.807) is 6.08 Å². The lowest BCUT2D eigenvalue weighted by molar-refractivity contribution is -0.143. The van der Waals surface area contributed by atoms with E-state index in [1.165, 1.54) is 411 Å². The predicted molar refractivity (Wildman–Crippen MR) is 416 cm³/mol. The van der Waals surface area contributed by atoms with Crippen molar-refractivity contribution in [3.63, 3.8) is 0 Å². The first kappa shape index (κ1) is 92.1. The van der Waals surface area contributed by atoms with Crippen LogP contribution < -0.4 is 5.32 Å². The molecule has 0 saturated heterocycles. The normalized spacial score (nSPS) is 12.6. The van der Waals surface area contributed by atoms with E-state index >= 15 is 0 Å². The number of aliphatic hydroxyl groups is 2. The zero-order valence-electron chi connectivity index (χ0n) is 64.0. The maximum atomic E-state index is 12.6. The zero-order valence-corrected chi connectivity index (χ0v) is 64.0. The van der Waals surface area contributed by atoms with Gasteiger partial charge in [-0.1, -0.05) is 448 Å². The molecule has 0 fully saturated rings. The van der Waals surface area contributed by atoms with Gasteiger partial charge in [-0.15, -0.1) is 0 Å². The van der Waals surface area contributed by atoms with Crippen LogP contribution in [0.3, 0.4) is 0 Å². The molecule has 2 atom stereocenters. The molecule has 2 unspecified atom stereocenters. The molecule has 0 aromatic heterocycles. The minimum Gasteiger partial charge on any atom is -0.466 e. The van der Waals surface area contributed by atoms with Crippen molar-refractivity contribution in [2.45, 2.75) is 501 Å². The standard InChI is InChI=1S/C88H169NO5/c1-3-5-7-9-11-13-15-17-19-20-21-22-23-37-40-43-46-49-53-56-60-64-68-72-76-80-86(91)85(84-90)89-87(92)81-77-73-69-65-61-57-54-50-47-44-41-38-35-33-31-29-27-25-24-26-28-30-32-34-36-39-42-45-48-51-55-59-63-67-71-75-79-83-94-88(93)82-78-74-70-66-62-58-52-18-16-14-12-10-8-6-4-2/h12,14,18,52,76,80,85-86,90-91H,3-11,13,15-17,19-51,53-75,77-79,81-84H2,1-2H3,(H,89,92)/b14-12-,52-18-,80-76+. The van der Waals surface area contributed by atoms with E-state index in [1.807, 2.05) is 6.08 Å². The number of allylic oxidation sites excluding steroid dienone is 5. The van der Waals surface area contributed by atoms with Crippen molar-refractivity contribution in [1.82, 2.24) is 5.32 Å². The van der Waals surface area contributed by atoms with Gasteiger partial charge in [0.15, 0.2) is 0 Å². The van der Waals surface area contributed by atoms with Crippen molar-refractivity contribution in [3.8, 4) is 0 Å². The van der Waals surface area contributed by atoms with E-state index in [9.17, 15) is 19.8 Å². The summed E-state index contributed by atoms with van der Waals surface area (Å²) in [5.74, 6) is -0.0466. The van der Waals surface area contributed by atoms with Crippen molar-refractivity contribution < 1.29 is 24.5 Å². The Balaban J connectivity index is 3.33. The number of rotatable bonds is 82. The monoisotopic (exact) mass is 1320 g/mol. The van der Waals surface area contributed by atoms with Gasteiger partial charge in [0.2, 0.25) is 5.91 Å². The summed E-state index contributed by atoms with van der Waals surface area (Å²) < 4.78 is 5.50. The minimum atomic E-state index is -0.842. The minimum absolute atomic E-state index is 0.00993. The number of ether oxygens (including phenoxy) is 1. The van der Waals surface area contributed by atoms with Crippen molar-refractivity contribution in [2.24, 2.45) is 0 Å². The molecule has 6 nitrogen and oxygen atoms in total. The summed E-state index contributed by atoms with van der Waals surface area (Å²) in [6.07, 6.45) is 110. The molecule has 0 rings (SSSR count). The van der Waals surface area contributed by atoms with Crippen LogP contribution in [0.5, 0.6) is 0 Å². The highest BCUT2D eigenvalue weighted by Crippen LogP contribution is 2.21. The molecular weight excluding hydrogens is 1150 g/mol. The summed E-state index contributed by atoms with van der Waals surface area (Å²) in [7, 11) is 0. The topological polar surface area (TPSA) is 95.9 Å². The zero-order chi connectivity index (χ0) is 67.7. The molecule has 556 valence electrons. The lowest BCUT2D eigenvalue weighted by Gasteiger charge is -2.20. The number of amides is 1. The van der Waals surface area contributed by atoms with Gasteiger partial charge in [0, 0.05) is 12.8 Å². The number of hydrogen-bond acceptors (Lipinski definition) is 5. The van der Waals surface area contributed by atoms with E-state index < -0.39 is 12.1 Å². The molecule has 94 heavy (non-hydrogen) atoms. The molecule has 0 saturated carbocycles. The van der Waals surface area contributed by atoms with E-state index in [4.69, 9.17) is 4.74 Å². The van der Waals surface area contributed by atoms with Gasteiger partial charge >= 0.3 is 5.97 Å². The van der Waals surface area contributed by atoms with E-state index in [0.29, 0.717) is 19.4 Å². The summed E-state index contributed by atoms with van der Waals surface area (Å²) >= 11 is 0. The van der Waals surface area contributed by atoms with E-state index in [-0.39, 0.29) is 18.5 Å². The van der Waals surface area contributed by atoms with Gasteiger partial charge in [-0.2, -0.15) is 0 Å². The molecule has 0 aromatic carbocycles. The van der Waals surface area contributed by atoms with Gasteiger partial charge in [0.25, 0.3) is 0 Å². The van der Waals surface area contributed by atoms with Crippen LogP contribution in [0.1, 0.15) is 489 Å². The van der Waals surface area contributed by atoms with Crippen molar-refractivity contribution >= 4 is 11.9 Å². The van der Waals surface area contributed by atoms with Crippen LogP contribution in [-0.4, -0.2) is 47.4 Å². The molecule has 0 aromatic rings. The maximum absolute atomic E-state index is 12.6. The summed E-state index contributed by atoms with van der Waals surface area (Å²) in [6.45, 7) is 4.93. The molecule has 0 radical (unpaired) electrons. The van der Waals surface area contributed by atoms with Gasteiger partial charge in [0.05, 0.1) is 25.4 Å². The average molecular weight is 1320 g/mol. The summed E-state index contributed by atoms with van der Waals surface area (Å²) in [5.41, 5.74) is 0. The number of unbranched alkanes of at least 4 members (excludes halogenated alkanes) is 67. The summed E-state index contributed by atoms with van der Waals surface area (Å²) in [4.78, 5) is 24.7. The third kappa shape index (κ3) is 79.1. The molecular formula is C88H169NO5.